The van der Waals surface area contributed by atoms with Crippen LogP contribution in [0.1, 0.15) is 47.8 Å². The van der Waals surface area contributed by atoms with Gasteiger partial charge in [0.05, 0.1) is 5.56 Å². The number of carbonyl (C=O) groups is 3. The zero-order chi connectivity index (χ0) is 17.6. The molecule has 0 aromatic heterocycles. The maximum Gasteiger partial charge on any atom is 0.196 e. The van der Waals surface area contributed by atoms with Gasteiger partial charge in [0.1, 0.15) is 0 Å². The highest BCUT2D eigenvalue weighted by Gasteiger charge is 2.32. The van der Waals surface area contributed by atoms with Crippen LogP contribution in [-0.4, -0.2) is 17.3 Å². The number of anilines is 1. The summed E-state index contributed by atoms with van der Waals surface area (Å²) in [6, 6.07) is 18.3. The van der Waals surface area contributed by atoms with Crippen molar-refractivity contribution in [2.24, 2.45) is 0 Å². The molecule has 1 aliphatic carbocycles. The second-order valence-corrected chi connectivity index (χ2v) is 5.89. The minimum atomic E-state index is -0.292. The van der Waals surface area contributed by atoms with Gasteiger partial charge >= 0.3 is 0 Å². The molecule has 4 nitrogen and oxygen atoms in total. The minimum Gasteiger partial charge on any atom is -0.398 e. The van der Waals surface area contributed by atoms with E-state index in [-0.39, 0.29) is 34.2 Å². The monoisotopic (exact) mass is 327 g/mol. The molecule has 3 aromatic rings. The molecule has 120 valence electrons. The average Bonchev–Trinajstić information content (AvgIpc) is 2.65. The zero-order valence-electron chi connectivity index (χ0n) is 13.2. The van der Waals surface area contributed by atoms with E-state index in [1.165, 1.54) is 12.1 Å². The Balaban J connectivity index is 1.89. The van der Waals surface area contributed by atoms with Gasteiger partial charge in [-0.05, 0) is 12.1 Å². The molecule has 4 rings (SSSR count). The maximum atomic E-state index is 12.8. The van der Waals surface area contributed by atoms with E-state index in [1.807, 2.05) is 6.07 Å². The maximum absolute atomic E-state index is 12.8. The quantitative estimate of drug-likeness (QED) is 0.453. The number of nitrogen functional groups attached to an aromatic ring is 1. The number of hydrogen-bond donors (Lipinski definition) is 1. The number of fused-ring (bicyclic) bond motifs is 2. The predicted molar refractivity (Wildman–Crippen MR) is 94.0 cm³/mol. The molecule has 0 spiro atoms. The van der Waals surface area contributed by atoms with Gasteiger partial charge in [-0.3, -0.25) is 14.4 Å². The molecule has 0 bridgehead atoms. The van der Waals surface area contributed by atoms with Crippen molar-refractivity contribution in [3.05, 3.63) is 100 Å². The van der Waals surface area contributed by atoms with Crippen LogP contribution in [-0.2, 0) is 0 Å². The number of hydrogen-bond acceptors (Lipinski definition) is 4. The van der Waals surface area contributed by atoms with Crippen molar-refractivity contribution in [3.63, 3.8) is 0 Å². The van der Waals surface area contributed by atoms with E-state index in [9.17, 15) is 14.4 Å². The minimum absolute atomic E-state index is 0.143. The Labute approximate surface area is 143 Å². The highest BCUT2D eigenvalue weighted by molar-refractivity contribution is 6.30. The summed E-state index contributed by atoms with van der Waals surface area (Å²) < 4.78 is 0. The van der Waals surface area contributed by atoms with Gasteiger partial charge in [0.25, 0.3) is 0 Å². The Morgan fingerprint density at radius 2 is 1.28 bits per heavy atom. The standard InChI is InChI=1S/C21H13NO3/c22-17-11-13(19(23)12-6-2-1-3-7-12)10-16-18(17)21(25)15-9-5-4-8-14(15)20(16)24/h1-11H,22H2. The molecule has 0 saturated heterocycles. The number of carbonyl (C=O) groups excluding carboxylic acids is 3. The third-order valence-electron chi connectivity index (χ3n) is 4.36. The van der Waals surface area contributed by atoms with Crippen molar-refractivity contribution in [1.29, 1.82) is 0 Å². The van der Waals surface area contributed by atoms with Crippen molar-refractivity contribution in [3.8, 4) is 0 Å². The van der Waals surface area contributed by atoms with E-state index in [0.717, 1.165) is 0 Å². The van der Waals surface area contributed by atoms with Gasteiger partial charge in [0.2, 0.25) is 0 Å². The summed E-state index contributed by atoms with van der Waals surface area (Å²) in [4.78, 5) is 38.2. The first-order valence-electron chi connectivity index (χ1n) is 7.79. The number of rotatable bonds is 2. The molecule has 3 aromatic carbocycles. The molecular formula is C21H13NO3. The molecule has 0 unspecified atom stereocenters. The van der Waals surface area contributed by atoms with Crippen LogP contribution in [0.2, 0.25) is 0 Å². The third kappa shape index (κ3) is 2.27. The van der Waals surface area contributed by atoms with Gasteiger partial charge < -0.3 is 5.73 Å². The topological polar surface area (TPSA) is 77.2 Å². The first-order valence-corrected chi connectivity index (χ1v) is 7.79. The Morgan fingerprint density at radius 1 is 0.680 bits per heavy atom. The second-order valence-electron chi connectivity index (χ2n) is 5.89. The van der Waals surface area contributed by atoms with Crippen LogP contribution in [0.3, 0.4) is 0 Å². The van der Waals surface area contributed by atoms with Crippen LogP contribution in [0.25, 0.3) is 0 Å². The first-order chi connectivity index (χ1) is 12.1. The molecular weight excluding hydrogens is 314 g/mol. The summed E-state index contributed by atoms with van der Waals surface area (Å²) in [5, 5.41) is 0. The van der Waals surface area contributed by atoms with Crippen LogP contribution in [0.5, 0.6) is 0 Å². The number of nitrogens with two attached hydrogens (primary N) is 1. The SMILES string of the molecule is Nc1cc(C(=O)c2ccccc2)cc2c1C(=O)c1ccccc1C2=O. The van der Waals surface area contributed by atoms with Gasteiger partial charge in [-0.15, -0.1) is 0 Å². The normalized spacial score (nSPS) is 12.5. The molecule has 0 aliphatic heterocycles. The lowest BCUT2D eigenvalue weighted by Gasteiger charge is -2.19. The molecule has 0 fully saturated rings. The lowest BCUT2D eigenvalue weighted by atomic mass is 9.82. The Bertz CT molecular complexity index is 1050. The van der Waals surface area contributed by atoms with Crippen LogP contribution in [0, 0.1) is 0 Å². The molecule has 0 radical (unpaired) electrons. The first kappa shape index (κ1) is 15.0. The van der Waals surface area contributed by atoms with Gasteiger partial charge in [0.15, 0.2) is 17.3 Å². The molecule has 0 saturated carbocycles. The predicted octanol–water partition coefficient (Wildman–Crippen LogP) is 3.28. The largest absolute Gasteiger partial charge is 0.398 e. The molecule has 4 heteroatoms. The van der Waals surface area contributed by atoms with Gasteiger partial charge in [0, 0.05) is 33.5 Å². The van der Waals surface area contributed by atoms with Gasteiger partial charge in [-0.25, -0.2) is 0 Å². The summed E-state index contributed by atoms with van der Waals surface area (Å²) in [7, 11) is 0. The summed E-state index contributed by atoms with van der Waals surface area (Å²) in [5.41, 5.74) is 8.01. The van der Waals surface area contributed by atoms with E-state index >= 15 is 0 Å². The van der Waals surface area contributed by atoms with Gasteiger partial charge in [-0.1, -0.05) is 54.6 Å². The third-order valence-corrected chi connectivity index (χ3v) is 4.36. The van der Waals surface area contributed by atoms with E-state index in [1.54, 1.807) is 48.5 Å². The highest BCUT2D eigenvalue weighted by atomic mass is 16.1. The molecule has 0 heterocycles. The molecule has 2 N–H and O–H groups in total. The van der Waals surface area contributed by atoms with Crippen molar-refractivity contribution in [1.82, 2.24) is 0 Å². The molecule has 25 heavy (non-hydrogen) atoms. The van der Waals surface area contributed by atoms with E-state index in [2.05, 4.69) is 0 Å². The number of ketones is 3. The van der Waals surface area contributed by atoms with E-state index in [4.69, 9.17) is 5.73 Å². The fourth-order valence-electron chi connectivity index (χ4n) is 3.14. The summed E-state index contributed by atoms with van der Waals surface area (Å²) in [6.45, 7) is 0. The zero-order valence-corrected chi connectivity index (χ0v) is 13.2. The van der Waals surface area contributed by atoms with Crippen molar-refractivity contribution in [2.45, 2.75) is 0 Å². The van der Waals surface area contributed by atoms with Crippen molar-refractivity contribution >= 4 is 23.0 Å². The fourth-order valence-corrected chi connectivity index (χ4v) is 3.14. The molecule has 0 amide bonds. The molecule has 1 aliphatic rings. The fraction of sp³-hybridized carbons (Fsp3) is 0. The summed E-state index contributed by atoms with van der Waals surface area (Å²) in [5.74, 6) is -0.824. The summed E-state index contributed by atoms with van der Waals surface area (Å²) >= 11 is 0. The Kier molecular flexibility index (Phi) is 3.32. The average molecular weight is 327 g/mol. The lowest BCUT2D eigenvalue weighted by Crippen LogP contribution is -2.23. The van der Waals surface area contributed by atoms with Gasteiger partial charge in [-0.2, -0.15) is 0 Å². The Hall–Kier alpha value is -3.53. The van der Waals surface area contributed by atoms with E-state index in [0.29, 0.717) is 22.3 Å². The number of benzene rings is 3. The van der Waals surface area contributed by atoms with Crippen LogP contribution >= 0.6 is 0 Å². The van der Waals surface area contributed by atoms with E-state index < -0.39 is 0 Å². The smallest absolute Gasteiger partial charge is 0.196 e. The highest BCUT2D eigenvalue weighted by Crippen LogP contribution is 2.32. The van der Waals surface area contributed by atoms with Crippen molar-refractivity contribution < 1.29 is 14.4 Å². The molecule has 0 atom stereocenters. The second kappa shape index (κ2) is 5.53. The van der Waals surface area contributed by atoms with Crippen LogP contribution < -0.4 is 5.73 Å². The van der Waals surface area contributed by atoms with Crippen molar-refractivity contribution in [2.75, 3.05) is 5.73 Å². The van der Waals surface area contributed by atoms with Crippen LogP contribution in [0.15, 0.2) is 66.7 Å². The van der Waals surface area contributed by atoms with Crippen LogP contribution in [0.4, 0.5) is 5.69 Å². The summed E-state index contributed by atoms with van der Waals surface area (Å²) in [6.07, 6.45) is 0. The lowest BCUT2D eigenvalue weighted by molar-refractivity contribution is 0.0979. The Morgan fingerprint density at radius 3 is 1.96 bits per heavy atom.